The quantitative estimate of drug-likeness (QED) is 0.791. The van der Waals surface area contributed by atoms with Crippen LogP contribution >= 0.6 is 0 Å². The Hall–Kier alpha value is -1.95. The highest BCUT2D eigenvalue weighted by Gasteiger charge is 2.07. The molecule has 1 aromatic carbocycles. The average molecular weight is 281 g/mol. The van der Waals surface area contributed by atoms with E-state index in [1.54, 1.807) is 12.4 Å². The lowest BCUT2D eigenvalue weighted by Crippen LogP contribution is -2.06. The minimum Gasteiger partial charge on any atom is -0.382 e. The van der Waals surface area contributed by atoms with Crippen molar-refractivity contribution in [3.63, 3.8) is 0 Å². The fraction of sp³-hybridized carbons (Fsp3) is 0.357. The third kappa shape index (κ3) is 3.77. The molecule has 0 aliphatic rings. The third-order valence-corrected chi connectivity index (χ3v) is 2.78. The van der Waals surface area contributed by atoms with Crippen molar-refractivity contribution in [2.75, 3.05) is 18.5 Å². The molecule has 1 heterocycles. The van der Waals surface area contributed by atoms with E-state index in [9.17, 15) is 8.78 Å². The third-order valence-electron chi connectivity index (χ3n) is 2.78. The lowest BCUT2D eigenvalue weighted by Gasteiger charge is -2.10. The molecule has 1 N–H and O–H groups in total. The van der Waals surface area contributed by atoms with Crippen LogP contribution in [0.2, 0.25) is 0 Å². The van der Waals surface area contributed by atoms with Crippen LogP contribution in [-0.4, -0.2) is 22.8 Å². The van der Waals surface area contributed by atoms with Crippen molar-refractivity contribution in [1.82, 2.24) is 9.55 Å². The highest BCUT2D eigenvalue weighted by atomic mass is 19.1. The average Bonchev–Trinajstić information content (AvgIpc) is 2.85. The molecule has 0 amide bonds. The number of ether oxygens (including phenoxy) is 1. The van der Waals surface area contributed by atoms with Gasteiger partial charge in [-0.05, 0) is 25.5 Å². The van der Waals surface area contributed by atoms with Gasteiger partial charge in [0.15, 0.2) is 0 Å². The Kier molecular flexibility index (Phi) is 5.06. The standard InChI is InChI=1S/C14H17F2N3O/c1-2-20-9-3-7-19-8-6-17-14(19)18-13-5-4-11(15)10-12(13)16/h4-6,8,10H,2-3,7,9H2,1H3,(H,17,18). The number of aryl methyl sites for hydroxylation is 1. The number of halogens is 2. The molecule has 0 saturated heterocycles. The van der Waals surface area contributed by atoms with Crippen molar-refractivity contribution in [1.29, 1.82) is 0 Å². The number of hydrogen-bond acceptors (Lipinski definition) is 3. The maximum absolute atomic E-state index is 13.6. The Morgan fingerprint density at radius 3 is 2.95 bits per heavy atom. The molecule has 6 heteroatoms. The normalized spacial score (nSPS) is 10.8. The Morgan fingerprint density at radius 2 is 2.20 bits per heavy atom. The van der Waals surface area contributed by atoms with E-state index in [1.165, 1.54) is 12.1 Å². The van der Waals surface area contributed by atoms with Crippen LogP contribution in [0, 0.1) is 11.6 Å². The first-order valence-electron chi connectivity index (χ1n) is 6.51. The SMILES string of the molecule is CCOCCCn1ccnc1Nc1ccc(F)cc1F. The summed E-state index contributed by atoms with van der Waals surface area (Å²) >= 11 is 0. The maximum atomic E-state index is 13.6. The molecule has 0 fully saturated rings. The second-order valence-electron chi connectivity index (χ2n) is 4.24. The van der Waals surface area contributed by atoms with E-state index in [1.807, 2.05) is 11.5 Å². The molecule has 0 radical (unpaired) electrons. The van der Waals surface area contributed by atoms with Crippen molar-refractivity contribution < 1.29 is 13.5 Å². The van der Waals surface area contributed by atoms with Gasteiger partial charge >= 0.3 is 0 Å². The summed E-state index contributed by atoms with van der Waals surface area (Å²) < 4.78 is 33.5. The molecule has 2 aromatic rings. The van der Waals surface area contributed by atoms with Gasteiger partial charge in [0.05, 0.1) is 5.69 Å². The number of hydrogen-bond donors (Lipinski definition) is 1. The summed E-state index contributed by atoms with van der Waals surface area (Å²) in [7, 11) is 0. The summed E-state index contributed by atoms with van der Waals surface area (Å²) in [5.41, 5.74) is 0.198. The molecule has 0 unspecified atom stereocenters. The smallest absolute Gasteiger partial charge is 0.207 e. The highest BCUT2D eigenvalue weighted by molar-refractivity contribution is 5.54. The molecule has 4 nitrogen and oxygen atoms in total. The molecule has 0 saturated carbocycles. The van der Waals surface area contributed by atoms with Gasteiger partial charge in [-0.15, -0.1) is 0 Å². The summed E-state index contributed by atoms with van der Waals surface area (Å²) in [6, 6.07) is 3.39. The van der Waals surface area contributed by atoms with E-state index in [-0.39, 0.29) is 5.69 Å². The van der Waals surface area contributed by atoms with Crippen LogP contribution in [0.5, 0.6) is 0 Å². The first-order valence-corrected chi connectivity index (χ1v) is 6.51. The molecule has 0 aliphatic carbocycles. The summed E-state index contributed by atoms with van der Waals surface area (Å²) in [6.07, 6.45) is 4.27. The molecule has 108 valence electrons. The molecule has 2 rings (SSSR count). The summed E-state index contributed by atoms with van der Waals surface area (Å²) in [5.74, 6) is -0.728. The number of anilines is 2. The van der Waals surface area contributed by atoms with Gasteiger partial charge in [0, 0.05) is 38.2 Å². The van der Waals surface area contributed by atoms with Gasteiger partial charge in [-0.2, -0.15) is 0 Å². The van der Waals surface area contributed by atoms with E-state index in [2.05, 4.69) is 10.3 Å². The number of aromatic nitrogens is 2. The number of rotatable bonds is 7. The van der Waals surface area contributed by atoms with Crippen LogP contribution in [-0.2, 0) is 11.3 Å². The predicted octanol–water partition coefficient (Wildman–Crippen LogP) is 3.33. The van der Waals surface area contributed by atoms with Crippen molar-refractivity contribution in [3.8, 4) is 0 Å². The Balaban J connectivity index is 2.01. The topological polar surface area (TPSA) is 39.1 Å². The monoisotopic (exact) mass is 281 g/mol. The summed E-state index contributed by atoms with van der Waals surface area (Å²) in [4.78, 5) is 4.12. The minimum absolute atomic E-state index is 0.198. The first-order chi connectivity index (χ1) is 9.70. The van der Waals surface area contributed by atoms with E-state index in [4.69, 9.17) is 4.74 Å². The Labute approximate surface area is 116 Å². The van der Waals surface area contributed by atoms with Gasteiger partial charge in [0.1, 0.15) is 11.6 Å². The molecule has 0 spiro atoms. The largest absolute Gasteiger partial charge is 0.382 e. The van der Waals surface area contributed by atoms with Crippen molar-refractivity contribution in [3.05, 3.63) is 42.2 Å². The van der Waals surface area contributed by atoms with Crippen LogP contribution in [0.15, 0.2) is 30.6 Å². The predicted molar refractivity (Wildman–Crippen MR) is 73.0 cm³/mol. The van der Waals surface area contributed by atoms with Crippen LogP contribution in [0.25, 0.3) is 0 Å². The first kappa shape index (κ1) is 14.5. The van der Waals surface area contributed by atoms with E-state index >= 15 is 0 Å². The van der Waals surface area contributed by atoms with Gasteiger partial charge in [0.25, 0.3) is 0 Å². The molecule has 0 atom stereocenters. The van der Waals surface area contributed by atoms with Crippen LogP contribution in [0.3, 0.4) is 0 Å². The van der Waals surface area contributed by atoms with Crippen LogP contribution in [0.4, 0.5) is 20.4 Å². The van der Waals surface area contributed by atoms with E-state index in [0.717, 1.165) is 12.5 Å². The second kappa shape index (κ2) is 7.00. The second-order valence-corrected chi connectivity index (χ2v) is 4.24. The van der Waals surface area contributed by atoms with Gasteiger partial charge in [-0.3, -0.25) is 0 Å². The van der Waals surface area contributed by atoms with Crippen molar-refractivity contribution in [2.24, 2.45) is 0 Å². The number of nitrogens with one attached hydrogen (secondary N) is 1. The van der Waals surface area contributed by atoms with Crippen LogP contribution in [0.1, 0.15) is 13.3 Å². The number of imidazole rings is 1. The maximum Gasteiger partial charge on any atom is 0.207 e. The molecule has 1 aromatic heterocycles. The Morgan fingerprint density at radius 1 is 1.35 bits per heavy atom. The fourth-order valence-corrected chi connectivity index (χ4v) is 1.81. The zero-order chi connectivity index (χ0) is 14.4. The van der Waals surface area contributed by atoms with Crippen molar-refractivity contribution >= 4 is 11.6 Å². The molecular formula is C14H17F2N3O. The van der Waals surface area contributed by atoms with Crippen LogP contribution < -0.4 is 5.32 Å². The van der Waals surface area contributed by atoms with E-state index < -0.39 is 11.6 Å². The minimum atomic E-state index is -0.645. The molecule has 20 heavy (non-hydrogen) atoms. The number of benzene rings is 1. The zero-order valence-corrected chi connectivity index (χ0v) is 11.3. The van der Waals surface area contributed by atoms with Gasteiger partial charge in [-0.1, -0.05) is 0 Å². The zero-order valence-electron chi connectivity index (χ0n) is 11.3. The molecule has 0 aliphatic heterocycles. The fourth-order valence-electron chi connectivity index (χ4n) is 1.81. The summed E-state index contributed by atoms with van der Waals surface area (Å²) in [5, 5.41) is 2.86. The van der Waals surface area contributed by atoms with E-state index in [0.29, 0.717) is 25.7 Å². The lowest BCUT2D eigenvalue weighted by molar-refractivity contribution is 0.142. The molecular weight excluding hydrogens is 264 g/mol. The van der Waals surface area contributed by atoms with Gasteiger partial charge < -0.3 is 14.6 Å². The number of nitrogens with zero attached hydrogens (tertiary/aromatic N) is 2. The Bertz CT molecular complexity index is 557. The lowest BCUT2D eigenvalue weighted by atomic mass is 10.3. The highest BCUT2D eigenvalue weighted by Crippen LogP contribution is 2.19. The summed E-state index contributed by atoms with van der Waals surface area (Å²) in [6.45, 7) is 4.02. The van der Waals surface area contributed by atoms with Gasteiger partial charge in [0.2, 0.25) is 5.95 Å². The van der Waals surface area contributed by atoms with Gasteiger partial charge in [-0.25, -0.2) is 13.8 Å². The molecule has 0 bridgehead atoms. The van der Waals surface area contributed by atoms with Crippen molar-refractivity contribution in [2.45, 2.75) is 19.9 Å².